The SMILES string of the molecule is Cc1cc(N2CC[C@](C)(c3ccccc3)C2)cn2nc(C(=O)N3CC[C@@]4(CCN(c5ccc(NC(=O)CCCCC(=O)Nc6ccc7c(C8CCC(=O)NC8=O)nn(C)c7c6)c(C(=O)OC(C)(C)C)n5)C4)C3)nc12. The molecule has 5 amide bonds. The number of nitrogens with one attached hydrogen (secondary N) is 3. The summed E-state index contributed by atoms with van der Waals surface area (Å²) in [5, 5.41) is 18.2. The number of anilines is 4. The highest BCUT2D eigenvalue weighted by Crippen LogP contribution is 2.42. The molecule has 2 aromatic carbocycles. The molecule has 0 aliphatic carbocycles. The predicted octanol–water partition coefficient (Wildman–Crippen LogP) is 6.84. The Balaban J connectivity index is 0.735. The molecular weight excluding hydrogens is 941 g/mol. The average molecular weight is 1010 g/mol. The van der Waals surface area contributed by atoms with Gasteiger partial charge in [0.15, 0.2) is 11.3 Å². The summed E-state index contributed by atoms with van der Waals surface area (Å²) in [4.78, 5) is 94.2. The largest absolute Gasteiger partial charge is 0.455 e. The number of amides is 5. The summed E-state index contributed by atoms with van der Waals surface area (Å²) in [6, 6.07) is 21.6. The Morgan fingerprint density at radius 1 is 0.838 bits per heavy atom. The van der Waals surface area contributed by atoms with Gasteiger partial charge in [-0.2, -0.15) is 5.10 Å². The number of imide groups is 1. The predicted molar refractivity (Wildman–Crippen MR) is 279 cm³/mol. The third-order valence-corrected chi connectivity index (χ3v) is 15.1. The van der Waals surface area contributed by atoms with Gasteiger partial charge in [-0.3, -0.25) is 34.0 Å². The molecule has 3 atom stereocenters. The van der Waals surface area contributed by atoms with Crippen molar-refractivity contribution in [3.8, 4) is 0 Å². The van der Waals surface area contributed by atoms with Crippen LogP contribution in [0.1, 0.15) is 129 Å². The van der Waals surface area contributed by atoms with Gasteiger partial charge < -0.3 is 30.1 Å². The van der Waals surface area contributed by atoms with Gasteiger partial charge in [-0.15, -0.1) is 5.10 Å². The number of hydrogen-bond acceptors (Lipinski definition) is 13. The molecule has 10 rings (SSSR count). The Bertz CT molecular complexity index is 3220. The first-order valence-electron chi connectivity index (χ1n) is 25.7. The third kappa shape index (κ3) is 10.3. The van der Waals surface area contributed by atoms with Crippen LogP contribution in [0, 0.1) is 12.3 Å². The van der Waals surface area contributed by atoms with E-state index in [4.69, 9.17) is 19.8 Å². The molecule has 19 nitrogen and oxygen atoms in total. The Labute approximate surface area is 429 Å². The molecule has 3 N–H and O–H groups in total. The van der Waals surface area contributed by atoms with Gasteiger partial charge in [0, 0.05) is 87.5 Å². The molecule has 1 unspecified atom stereocenters. The van der Waals surface area contributed by atoms with Crippen molar-refractivity contribution in [1.29, 1.82) is 0 Å². The van der Waals surface area contributed by atoms with Crippen molar-refractivity contribution in [2.45, 2.75) is 109 Å². The van der Waals surface area contributed by atoms with Crippen LogP contribution in [0.5, 0.6) is 0 Å². The summed E-state index contributed by atoms with van der Waals surface area (Å²) in [7, 11) is 1.76. The topological polar surface area (TPSA) is 218 Å². The molecule has 386 valence electrons. The van der Waals surface area contributed by atoms with Crippen LogP contribution in [-0.2, 0) is 36.4 Å². The lowest BCUT2D eigenvalue weighted by atomic mass is 9.82. The second kappa shape index (κ2) is 19.6. The quantitative estimate of drug-likeness (QED) is 0.0614. The molecule has 0 radical (unpaired) electrons. The van der Waals surface area contributed by atoms with E-state index in [2.05, 4.69) is 74.2 Å². The summed E-state index contributed by atoms with van der Waals surface area (Å²) in [6.07, 6.45) is 6.41. The number of aromatic nitrogens is 6. The minimum atomic E-state index is -0.814. The normalized spacial score (nSPS) is 21.0. The number of pyridine rings is 2. The smallest absolute Gasteiger partial charge is 0.359 e. The van der Waals surface area contributed by atoms with Crippen LogP contribution < -0.4 is 25.8 Å². The summed E-state index contributed by atoms with van der Waals surface area (Å²) < 4.78 is 9.16. The summed E-state index contributed by atoms with van der Waals surface area (Å²) in [5.74, 6) is -1.84. The van der Waals surface area contributed by atoms with E-state index in [0.717, 1.165) is 54.5 Å². The molecule has 8 heterocycles. The number of fused-ring (bicyclic) bond motifs is 2. The molecule has 4 saturated heterocycles. The van der Waals surface area contributed by atoms with Crippen molar-refractivity contribution in [2.24, 2.45) is 12.5 Å². The van der Waals surface area contributed by atoms with E-state index in [1.165, 1.54) is 5.56 Å². The van der Waals surface area contributed by atoms with Crippen LogP contribution >= 0.6 is 0 Å². The molecule has 19 heteroatoms. The number of likely N-dealkylation sites (tertiary alicyclic amines) is 1. The Morgan fingerprint density at radius 2 is 1.58 bits per heavy atom. The number of esters is 1. The first kappa shape index (κ1) is 49.9. The number of carbonyl (C=O) groups excluding carboxylic acids is 6. The standard InChI is InChI=1S/C55H64N12O7/c1-34-28-37(64-25-22-54(5,31-64)35-12-8-7-9-13-35)30-67-49(34)60-48(62-67)51(72)66-27-24-55(33-66)23-26-65(32-55)42-20-19-40(47(58-42)52(73)74-53(2,3)4)57-44(69)15-11-10-14-43(68)56-36-16-17-38-41(29-36)63(6)61-46(38)39-18-21-45(70)59-50(39)71/h7-9,12-13,16-17,19-20,28-30,39H,10-11,14-15,18,21-27,31-33H2,1-6H3,(H,56,68)(H,57,69)(H,59,70,71)/t39?,54-,55+/m0/s1. The van der Waals surface area contributed by atoms with Gasteiger partial charge in [0.05, 0.1) is 34.7 Å². The van der Waals surface area contributed by atoms with E-state index < -0.39 is 17.5 Å². The van der Waals surface area contributed by atoms with Crippen LogP contribution in [0.4, 0.5) is 22.9 Å². The van der Waals surface area contributed by atoms with Gasteiger partial charge in [-0.1, -0.05) is 37.3 Å². The highest BCUT2D eigenvalue weighted by atomic mass is 16.6. The van der Waals surface area contributed by atoms with E-state index in [1.54, 1.807) is 61.3 Å². The van der Waals surface area contributed by atoms with Gasteiger partial charge in [0.1, 0.15) is 11.4 Å². The highest BCUT2D eigenvalue weighted by molar-refractivity contribution is 6.03. The monoisotopic (exact) mass is 1000 g/mol. The third-order valence-electron chi connectivity index (χ3n) is 15.1. The van der Waals surface area contributed by atoms with E-state index in [0.29, 0.717) is 68.3 Å². The van der Waals surface area contributed by atoms with Crippen molar-refractivity contribution < 1.29 is 33.5 Å². The zero-order valence-electron chi connectivity index (χ0n) is 43.0. The van der Waals surface area contributed by atoms with Gasteiger partial charge in [-0.05, 0) is 114 Å². The fourth-order valence-corrected chi connectivity index (χ4v) is 11.2. The van der Waals surface area contributed by atoms with E-state index in [-0.39, 0.29) is 76.8 Å². The Hall–Kier alpha value is -7.70. The van der Waals surface area contributed by atoms with Crippen molar-refractivity contribution in [2.75, 3.05) is 59.7 Å². The number of carbonyl (C=O) groups is 6. The summed E-state index contributed by atoms with van der Waals surface area (Å²) in [5.41, 5.74) is 5.17. The van der Waals surface area contributed by atoms with Crippen molar-refractivity contribution in [3.05, 3.63) is 101 Å². The lowest BCUT2D eigenvalue weighted by molar-refractivity contribution is -0.134. The second-order valence-electron chi connectivity index (χ2n) is 21.9. The van der Waals surface area contributed by atoms with Crippen LogP contribution in [0.25, 0.3) is 16.6 Å². The van der Waals surface area contributed by atoms with Crippen LogP contribution in [0.3, 0.4) is 0 Å². The van der Waals surface area contributed by atoms with Crippen LogP contribution in [0.2, 0.25) is 0 Å². The number of piperidine rings is 1. The minimum Gasteiger partial charge on any atom is -0.455 e. The number of hydrogen-bond donors (Lipinski definition) is 3. The maximum atomic E-state index is 14.1. The fourth-order valence-electron chi connectivity index (χ4n) is 11.2. The highest BCUT2D eigenvalue weighted by Gasteiger charge is 2.46. The molecular formula is C55H64N12O7. The van der Waals surface area contributed by atoms with E-state index in [9.17, 15) is 28.8 Å². The van der Waals surface area contributed by atoms with Crippen molar-refractivity contribution in [3.63, 3.8) is 0 Å². The zero-order chi connectivity index (χ0) is 52.1. The molecule has 74 heavy (non-hydrogen) atoms. The number of unbranched alkanes of at least 4 members (excludes halogenated alkanes) is 1. The molecule has 0 bridgehead atoms. The van der Waals surface area contributed by atoms with Gasteiger partial charge in [-0.25, -0.2) is 19.3 Å². The van der Waals surface area contributed by atoms with Crippen LogP contribution in [0.15, 0.2) is 72.9 Å². The van der Waals surface area contributed by atoms with Crippen molar-refractivity contribution in [1.82, 2.24) is 39.6 Å². The lowest BCUT2D eigenvalue weighted by Gasteiger charge is -2.26. The average Bonchev–Trinajstić information content (AvgIpc) is 4.22. The number of aryl methyl sites for hydroxylation is 2. The maximum absolute atomic E-state index is 14.1. The second-order valence-corrected chi connectivity index (χ2v) is 21.9. The van der Waals surface area contributed by atoms with Gasteiger partial charge in [0.25, 0.3) is 5.91 Å². The molecule has 4 aromatic heterocycles. The number of nitrogens with zero attached hydrogens (tertiary/aromatic N) is 9. The van der Waals surface area contributed by atoms with E-state index >= 15 is 0 Å². The van der Waals surface area contributed by atoms with Gasteiger partial charge >= 0.3 is 5.97 Å². The summed E-state index contributed by atoms with van der Waals surface area (Å²) in [6.45, 7) is 13.9. The van der Waals surface area contributed by atoms with E-state index in [1.807, 2.05) is 24.1 Å². The zero-order valence-corrected chi connectivity index (χ0v) is 43.0. The summed E-state index contributed by atoms with van der Waals surface area (Å²) >= 11 is 0. The molecule has 4 aliphatic rings. The molecule has 1 spiro atoms. The van der Waals surface area contributed by atoms with Crippen LogP contribution in [-0.4, -0.2) is 115 Å². The lowest BCUT2D eigenvalue weighted by Crippen LogP contribution is -2.39. The molecule has 0 saturated carbocycles. The maximum Gasteiger partial charge on any atom is 0.359 e. The van der Waals surface area contributed by atoms with Crippen molar-refractivity contribution >= 4 is 74.9 Å². The number of ether oxygens (including phenoxy) is 1. The molecule has 6 aromatic rings. The molecule has 4 aliphatic heterocycles. The first-order chi connectivity index (χ1) is 35.3. The Morgan fingerprint density at radius 3 is 2.34 bits per heavy atom. The molecule has 4 fully saturated rings. The Kier molecular flexibility index (Phi) is 13.2. The number of benzene rings is 2. The van der Waals surface area contributed by atoms with Gasteiger partial charge in [0.2, 0.25) is 29.5 Å². The fraction of sp³-hybridized carbons (Fsp3) is 0.455. The number of rotatable bonds is 13. The minimum absolute atomic E-state index is 0.00438. The first-order valence-corrected chi connectivity index (χ1v) is 25.7.